The van der Waals surface area contributed by atoms with Crippen molar-refractivity contribution in [1.29, 1.82) is 0 Å². The van der Waals surface area contributed by atoms with Crippen molar-refractivity contribution in [2.75, 3.05) is 0 Å². The van der Waals surface area contributed by atoms with Crippen LogP contribution in [0.2, 0.25) is 0 Å². The van der Waals surface area contributed by atoms with E-state index in [4.69, 9.17) is 0 Å². The minimum atomic E-state index is 0.247. The van der Waals surface area contributed by atoms with Gasteiger partial charge in [-0.25, -0.2) is 0 Å². The lowest BCUT2D eigenvalue weighted by molar-refractivity contribution is 0.297. The summed E-state index contributed by atoms with van der Waals surface area (Å²) >= 11 is 0. The molecule has 1 aliphatic rings. The highest BCUT2D eigenvalue weighted by atomic mass is 14.5. The predicted octanol–water partition coefficient (Wildman–Crippen LogP) is 7.17. The van der Waals surface area contributed by atoms with Crippen LogP contribution in [0.25, 0.3) is 0 Å². The fourth-order valence-corrected chi connectivity index (χ4v) is 3.96. The van der Waals surface area contributed by atoms with Gasteiger partial charge < -0.3 is 0 Å². The summed E-state index contributed by atoms with van der Waals surface area (Å²) in [5.41, 5.74) is 7.69. The smallest absolute Gasteiger partial charge is 0.00591 e. The third-order valence-corrected chi connectivity index (χ3v) is 5.36. The lowest BCUT2D eigenvalue weighted by Crippen LogP contribution is -2.31. The number of hydrogen-bond donors (Lipinski definition) is 0. The maximum atomic E-state index is 2.45. The van der Waals surface area contributed by atoms with Gasteiger partial charge in [0.2, 0.25) is 0 Å². The Morgan fingerprint density at radius 1 is 0.875 bits per heavy atom. The molecule has 130 valence electrons. The first-order valence-corrected chi connectivity index (χ1v) is 9.33. The zero-order chi connectivity index (χ0) is 17.7. The highest BCUT2D eigenvalue weighted by molar-refractivity contribution is 5.43. The molecular weight excluding hydrogens is 288 g/mol. The van der Waals surface area contributed by atoms with Crippen molar-refractivity contribution in [3.05, 3.63) is 70.3 Å². The number of benzene rings is 1. The second kappa shape index (κ2) is 8.01. The first-order chi connectivity index (χ1) is 11.3. The zero-order valence-electron chi connectivity index (χ0n) is 16.4. The molecule has 1 atom stereocenters. The Labute approximate surface area is 149 Å². The van der Waals surface area contributed by atoms with Crippen molar-refractivity contribution < 1.29 is 0 Å². The Morgan fingerprint density at radius 3 is 1.96 bits per heavy atom. The molecular formula is C24H34. The van der Waals surface area contributed by atoms with Crippen LogP contribution < -0.4 is 0 Å². The average molecular weight is 323 g/mol. The third kappa shape index (κ3) is 4.29. The summed E-state index contributed by atoms with van der Waals surface area (Å²) < 4.78 is 0. The Morgan fingerprint density at radius 2 is 1.42 bits per heavy atom. The summed E-state index contributed by atoms with van der Waals surface area (Å²) in [4.78, 5) is 0. The zero-order valence-corrected chi connectivity index (χ0v) is 16.4. The molecule has 0 amide bonds. The monoisotopic (exact) mass is 322 g/mol. The van der Waals surface area contributed by atoms with Gasteiger partial charge in [0.05, 0.1) is 0 Å². The highest BCUT2D eigenvalue weighted by Crippen LogP contribution is 2.50. The minimum Gasteiger partial charge on any atom is -0.0856 e. The molecule has 1 aromatic rings. The molecule has 0 fully saturated rings. The topological polar surface area (TPSA) is 0 Å². The van der Waals surface area contributed by atoms with E-state index in [1.807, 2.05) is 0 Å². The Balaban J connectivity index is 2.51. The highest BCUT2D eigenvalue weighted by Gasteiger charge is 2.44. The first kappa shape index (κ1) is 18.8. The lowest BCUT2D eigenvalue weighted by atomic mass is 9.68. The van der Waals surface area contributed by atoms with E-state index in [1.165, 1.54) is 29.6 Å². The maximum absolute atomic E-state index is 2.45. The van der Waals surface area contributed by atoms with E-state index < -0.39 is 0 Å². The third-order valence-electron chi connectivity index (χ3n) is 5.36. The summed E-state index contributed by atoms with van der Waals surface area (Å²) in [5.74, 6) is 0.691. The van der Waals surface area contributed by atoms with Gasteiger partial charge in [0.25, 0.3) is 0 Å². The molecule has 0 bridgehead atoms. The van der Waals surface area contributed by atoms with E-state index in [9.17, 15) is 0 Å². The van der Waals surface area contributed by atoms with Crippen molar-refractivity contribution in [2.45, 2.75) is 72.6 Å². The van der Waals surface area contributed by atoms with Crippen LogP contribution in [0.1, 0.15) is 71.9 Å². The van der Waals surface area contributed by atoms with Crippen molar-refractivity contribution in [3.63, 3.8) is 0 Å². The minimum absolute atomic E-state index is 0.247. The van der Waals surface area contributed by atoms with Crippen LogP contribution in [-0.4, -0.2) is 0 Å². The van der Waals surface area contributed by atoms with Crippen molar-refractivity contribution in [3.8, 4) is 0 Å². The largest absolute Gasteiger partial charge is 0.0856 e. The molecule has 0 heteroatoms. The molecule has 1 aromatic carbocycles. The first-order valence-electron chi connectivity index (χ1n) is 9.33. The molecule has 0 saturated heterocycles. The molecule has 0 N–H and O–H groups in total. The van der Waals surface area contributed by atoms with E-state index >= 15 is 0 Å². The van der Waals surface area contributed by atoms with Crippen LogP contribution in [0, 0.1) is 5.92 Å². The quantitative estimate of drug-likeness (QED) is 0.487. The summed E-state index contributed by atoms with van der Waals surface area (Å²) in [6, 6.07) is 9.16. The van der Waals surface area contributed by atoms with Crippen LogP contribution in [0.5, 0.6) is 0 Å². The maximum Gasteiger partial charge on any atom is 0.00591 e. The molecule has 0 aromatic heterocycles. The average Bonchev–Trinajstić information content (AvgIpc) is 2.83. The van der Waals surface area contributed by atoms with Gasteiger partial charge in [0.1, 0.15) is 0 Å². The molecule has 1 aliphatic carbocycles. The molecule has 0 radical (unpaired) electrons. The van der Waals surface area contributed by atoms with Crippen LogP contribution >= 0.6 is 0 Å². The Hall–Kier alpha value is -1.56. The molecule has 24 heavy (non-hydrogen) atoms. The fourth-order valence-electron chi connectivity index (χ4n) is 3.96. The molecule has 0 heterocycles. The van der Waals surface area contributed by atoms with Crippen molar-refractivity contribution in [1.82, 2.24) is 0 Å². The van der Waals surface area contributed by atoms with Gasteiger partial charge >= 0.3 is 0 Å². The molecule has 2 rings (SSSR count). The van der Waals surface area contributed by atoms with Gasteiger partial charge in [-0.3, -0.25) is 0 Å². The van der Waals surface area contributed by atoms with Gasteiger partial charge in [0.15, 0.2) is 0 Å². The summed E-state index contributed by atoms with van der Waals surface area (Å²) in [6.45, 7) is 13.3. The van der Waals surface area contributed by atoms with Crippen LogP contribution in [0.3, 0.4) is 0 Å². The summed E-state index contributed by atoms with van der Waals surface area (Å²) in [7, 11) is 0. The fraction of sp³-hybridized carbons (Fsp3) is 0.500. The van der Waals surface area contributed by atoms with Gasteiger partial charge in [-0.1, -0.05) is 59.2 Å². The van der Waals surface area contributed by atoms with Gasteiger partial charge in [0, 0.05) is 5.41 Å². The second-order valence-electron chi connectivity index (χ2n) is 8.20. The molecule has 1 unspecified atom stereocenters. The molecule has 0 saturated carbocycles. The number of hydrogen-bond acceptors (Lipinski definition) is 0. The second-order valence-corrected chi connectivity index (χ2v) is 8.20. The van der Waals surface area contributed by atoms with E-state index in [-0.39, 0.29) is 5.41 Å². The predicted molar refractivity (Wildman–Crippen MR) is 107 cm³/mol. The number of fused-ring (bicyclic) bond motifs is 1. The molecule has 0 aliphatic heterocycles. The van der Waals surface area contributed by atoms with Gasteiger partial charge in [-0.05, 0) is 84.3 Å². The van der Waals surface area contributed by atoms with Crippen molar-refractivity contribution in [2.24, 2.45) is 5.92 Å². The Bertz CT molecular complexity index is 622. The van der Waals surface area contributed by atoms with E-state index in [2.05, 4.69) is 84.0 Å². The Kier molecular flexibility index (Phi) is 6.27. The standard InChI is InChI=1S/C24H34/c1-18(2)11-12-22-17-21-9-7-8-10-23(21)24(22,15-13-19(3)4)16-14-20(5)6/h7-11,13-14,22H,12,15-17H2,1-6H3. The van der Waals surface area contributed by atoms with E-state index in [0.717, 1.165) is 12.8 Å². The summed E-state index contributed by atoms with van der Waals surface area (Å²) in [5, 5.41) is 0. The van der Waals surface area contributed by atoms with Crippen LogP contribution in [0.15, 0.2) is 59.2 Å². The summed E-state index contributed by atoms with van der Waals surface area (Å²) in [6.07, 6.45) is 12.1. The van der Waals surface area contributed by atoms with Crippen LogP contribution in [0.4, 0.5) is 0 Å². The van der Waals surface area contributed by atoms with E-state index in [0.29, 0.717) is 5.92 Å². The van der Waals surface area contributed by atoms with Crippen LogP contribution in [-0.2, 0) is 11.8 Å². The van der Waals surface area contributed by atoms with Gasteiger partial charge in [-0.2, -0.15) is 0 Å². The number of allylic oxidation sites excluding steroid dienone is 6. The lowest BCUT2D eigenvalue weighted by Gasteiger charge is -2.35. The number of rotatable bonds is 6. The SMILES string of the molecule is CC(C)=CCC1Cc2ccccc2C1(CC=C(C)C)CC=C(C)C. The normalized spacial score (nSPS) is 17.8. The molecule has 0 spiro atoms. The van der Waals surface area contributed by atoms with Gasteiger partial charge in [-0.15, -0.1) is 0 Å². The molecule has 0 nitrogen and oxygen atoms in total. The van der Waals surface area contributed by atoms with E-state index in [1.54, 1.807) is 11.1 Å². The van der Waals surface area contributed by atoms with Crippen molar-refractivity contribution >= 4 is 0 Å².